The molecule has 1 aromatic carbocycles. The number of aromatic nitrogens is 1. The van der Waals surface area contributed by atoms with E-state index in [2.05, 4.69) is 4.98 Å². The van der Waals surface area contributed by atoms with Crippen molar-refractivity contribution >= 4 is 26.7 Å². The number of furan rings is 1. The molecule has 0 atom stereocenters. The number of hydrogen-bond donors (Lipinski definition) is 0. The van der Waals surface area contributed by atoms with Crippen molar-refractivity contribution in [3.63, 3.8) is 0 Å². The Bertz CT molecular complexity index is 1130. The molecule has 0 aliphatic carbocycles. The first-order valence-corrected chi connectivity index (χ1v) is 10.3. The lowest BCUT2D eigenvalue weighted by atomic mass is 10.1. The minimum atomic E-state index is -4.10. The standard InChI is InChI=1S/C20H21NO7S/c1-13-17(8-11-27-13)29(23,24)19-14-6-4-7-16(26-3)18(14)21-12-15(19)20(22)28-10-5-9-25-2/h4,6-8,11-12H,5,9-10H2,1-3H3. The molecule has 0 aliphatic heterocycles. The molecule has 8 nitrogen and oxygen atoms in total. The van der Waals surface area contributed by atoms with Gasteiger partial charge < -0.3 is 18.6 Å². The van der Waals surface area contributed by atoms with Crippen LogP contribution in [0.3, 0.4) is 0 Å². The third-order valence-corrected chi connectivity index (χ3v) is 6.33. The van der Waals surface area contributed by atoms with E-state index in [1.54, 1.807) is 32.2 Å². The molecular weight excluding hydrogens is 398 g/mol. The SMILES string of the molecule is COCCCOC(=O)c1cnc2c(OC)cccc2c1S(=O)(=O)c1ccoc1C. The van der Waals surface area contributed by atoms with Crippen LogP contribution in [0.5, 0.6) is 5.75 Å². The van der Waals surface area contributed by atoms with Gasteiger partial charge in [-0.05, 0) is 19.1 Å². The molecule has 2 heterocycles. The number of pyridine rings is 1. The van der Waals surface area contributed by atoms with E-state index < -0.39 is 15.8 Å². The third kappa shape index (κ3) is 3.96. The zero-order valence-corrected chi connectivity index (χ0v) is 17.1. The molecule has 0 radical (unpaired) electrons. The average Bonchev–Trinajstić information content (AvgIpc) is 3.16. The second-order valence-corrected chi connectivity index (χ2v) is 8.04. The molecule has 154 valence electrons. The summed E-state index contributed by atoms with van der Waals surface area (Å²) >= 11 is 0. The molecule has 0 fully saturated rings. The number of rotatable bonds is 8. The first-order chi connectivity index (χ1) is 13.9. The van der Waals surface area contributed by atoms with Crippen molar-refractivity contribution in [3.8, 4) is 5.75 Å². The van der Waals surface area contributed by atoms with Gasteiger partial charge in [0, 0.05) is 31.7 Å². The molecule has 0 saturated heterocycles. The molecule has 29 heavy (non-hydrogen) atoms. The van der Waals surface area contributed by atoms with E-state index in [0.29, 0.717) is 24.3 Å². The van der Waals surface area contributed by atoms with Gasteiger partial charge in [-0.15, -0.1) is 0 Å². The Kier molecular flexibility index (Phi) is 6.19. The van der Waals surface area contributed by atoms with Crippen molar-refractivity contribution < 1.29 is 31.8 Å². The highest BCUT2D eigenvalue weighted by atomic mass is 32.2. The van der Waals surface area contributed by atoms with E-state index in [9.17, 15) is 13.2 Å². The van der Waals surface area contributed by atoms with Crippen molar-refractivity contribution in [2.45, 2.75) is 23.1 Å². The number of ether oxygens (including phenoxy) is 3. The van der Waals surface area contributed by atoms with Crippen LogP contribution in [0.1, 0.15) is 22.5 Å². The highest BCUT2D eigenvalue weighted by Gasteiger charge is 2.31. The Morgan fingerprint density at radius 2 is 1.97 bits per heavy atom. The number of sulfone groups is 1. The van der Waals surface area contributed by atoms with Gasteiger partial charge in [-0.2, -0.15) is 0 Å². The number of fused-ring (bicyclic) bond motifs is 1. The van der Waals surface area contributed by atoms with E-state index in [0.717, 1.165) is 0 Å². The average molecular weight is 419 g/mol. The van der Waals surface area contributed by atoms with Gasteiger partial charge in [-0.3, -0.25) is 4.98 Å². The number of carbonyl (C=O) groups is 1. The fraction of sp³-hybridized carbons (Fsp3) is 0.300. The Labute approximate surface area is 168 Å². The van der Waals surface area contributed by atoms with Crippen molar-refractivity contribution in [1.82, 2.24) is 4.98 Å². The van der Waals surface area contributed by atoms with E-state index in [1.807, 2.05) is 0 Å². The van der Waals surface area contributed by atoms with Crippen molar-refractivity contribution in [3.05, 3.63) is 48.0 Å². The predicted molar refractivity (Wildman–Crippen MR) is 104 cm³/mol. The minimum absolute atomic E-state index is 0.0266. The minimum Gasteiger partial charge on any atom is -0.494 e. The maximum atomic E-state index is 13.5. The van der Waals surface area contributed by atoms with E-state index in [-0.39, 0.29) is 33.1 Å². The van der Waals surface area contributed by atoms with Crippen LogP contribution in [0.15, 0.2) is 50.9 Å². The van der Waals surface area contributed by atoms with Gasteiger partial charge in [0.2, 0.25) is 9.84 Å². The summed E-state index contributed by atoms with van der Waals surface area (Å²) in [5, 5.41) is 0.260. The molecule has 0 N–H and O–H groups in total. The number of nitrogens with zero attached hydrogens (tertiary/aromatic N) is 1. The molecule has 0 saturated carbocycles. The van der Waals surface area contributed by atoms with Gasteiger partial charge in [0.1, 0.15) is 21.9 Å². The largest absolute Gasteiger partial charge is 0.494 e. The van der Waals surface area contributed by atoms with Crippen LogP contribution in [0.2, 0.25) is 0 Å². The first-order valence-electron chi connectivity index (χ1n) is 8.82. The number of benzene rings is 1. The lowest BCUT2D eigenvalue weighted by Crippen LogP contribution is -2.15. The number of para-hydroxylation sites is 1. The zero-order valence-electron chi connectivity index (χ0n) is 16.3. The van der Waals surface area contributed by atoms with E-state index >= 15 is 0 Å². The van der Waals surface area contributed by atoms with Crippen molar-refractivity contribution in [2.75, 3.05) is 27.4 Å². The van der Waals surface area contributed by atoms with Crippen molar-refractivity contribution in [2.24, 2.45) is 0 Å². The van der Waals surface area contributed by atoms with Crippen LogP contribution in [0.4, 0.5) is 0 Å². The number of carbonyl (C=O) groups excluding carboxylic acids is 1. The molecule has 0 bridgehead atoms. The lowest BCUT2D eigenvalue weighted by Gasteiger charge is -2.14. The highest BCUT2D eigenvalue weighted by Crippen LogP contribution is 2.35. The molecule has 3 aromatic rings. The predicted octanol–water partition coefficient (Wildman–Crippen LogP) is 3.17. The van der Waals surface area contributed by atoms with Gasteiger partial charge in [0.05, 0.1) is 30.4 Å². The summed E-state index contributed by atoms with van der Waals surface area (Å²) < 4.78 is 47.6. The van der Waals surface area contributed by atoms with Crippen LogP contribution >= 0.6 is 0 Å². The summed E-state index contributed by atoms with van der Waals surface area (Å²) in [7, 11) is -1.10. The van der Waals surface area contributed by atoms with Crippen molar-refractivity contribution in [1.29, 1.82) is 0 Å². The Morgan fingerprint density at radius 3 is 2.62 bits per heavy atom. The van der Waals surface area contributed by atoms with Gasteiger partial charge in [-0.25, -0.2) is 13.2 Å². The van der Waals surface area contributed by atoms with Crippen LogP contribution in [0, 0.1) is 6.92 Å². The summed E-state index contributed by atoms with van der Waals surface area (Å²) in [6.07, 6.45) is 2.97. The Hall–Kier alpha value is -2.91. The Balaban J connectivity index is 2.21. The molecule has 0 unspecified atom stereocenters. The highest BCUT2D eigenvalue weighted by molar-refractivity contribution is 7.91. The number of aryl methyl sites for hydroxylation is 1. The number of esters is 1. The van der Waals surface area contributed by atoms with E-state index in [1.165, 1.54) is 25.6 Å². The normalized spacial score (nSPS) is 11.6. The van der Waals surface area contributed by atoms with E-state index in [4.69, 9.17) is 18.6 Å². The quantitative estimate of drug-likeness (QED) is 0.405. The molecule has 0 spiro atoms. The van der Waals surface area contributed by atoms with Gasteiger partial charge >= 0.3 is 5.97 Å². The maximum Gasteiger partial charge on any atom is 0.341 e. The topological polar surface area (TPSA) is 105 Å². The Morgan fingerprint density at radius 1 is 1.17 bits per heavy atom. The smallest absolute Gasteiger partial charge is 0.341 e. The monoisotopic (exact) mass is 419 g/mol. The van der Waals surface area contributed by atoms with Crippen LogP contribution in [-0.4, -0.2) is 46.8 Å². The summed E-state index contributed by atoms with van der Waals surface area (Å²) in [6, 6.07) is 6.23. The number of methoxy groups -OCH3 is 2. The second kappa shape index (κ2) is 8.62. The fourth-order valence-corrected chi connectivity index (χ4v) is 4.74. The summed E-state index contributed by atoms with van der Waals surface area (Å²) in [6.45, 7) is 2.05. The summed E-state index contributed by atoms with van der Waals surface area (Å²) in [5.74, 6) is -0.168. The first kappa shape index (κ1) is 20.8. The second-order valence-electron chi connectivity index (χ2n) is 6.18. The van der Waals surface area contributed by atoms with Gasteiger partial charge in [0.15, 0.2) is 0 Å². The van der Waals surface area contributed by atoms with Gasteiger partial charge in [-0.1, -0.05) is 12.1 Å². The summed E-state index contributed by atoms with van der Waals surface area (Å²) in [5.41, 5.74) is 0.175. The molecular formula is C20H21NO7S. The summed E-state index contributed by atoms with van der Waals surface area (Å²) in [4.78, 5) is 16.7. The van der Waals surface area contributed by atoms with Crippen LogP contribution < -0.4 is 4.74 Å². The maximum absolute atomic E-state index is 13.5. The zero-order chi connectivity index (χ0) is 21.0. The fourth-order valence-electron chi connectivity index (χ4n) is 2.98. The number of hydrogen-bond acceptors (Lipinski definition) is 8. The molecule has 9 heteroatoms. The molecule has 0 amide bonds. The van der Waals surface area contributed by atoms with Crippen LogP contribution in [0.25, 0.3) is 10.9 Å². The van der Waals surface area contributed by atoms with Gasteiger partial charge in [0.25, 0.3) is 0 Å². The lowest BCUT2D eigenvalue weighted by molar-refractivity contribution is 0.0464. The van der Waals surface area contributed by atoms with Crippen LogP contribution in [-0.2, 0) is 19.3 Å². The molecule has 3 rings (SSSR count). The third-order valence-electron chi connectivity index (χ3n) is 4.35. The molecule has 0 aliphatic rings. The molecule has 2 aromatic heterocycles.